The number of carbonyl (C=O) groups is 1. The second kappa shape index (κ2) is 7.62. The highest BCUT2D eigenvalue weighted by atomic mass is 19.1. The Kier molecular flexibility index (Phi) is 5.51. The van der Waals surface area contributed by atoms with Gasteiger partial charge in [-0.2, -0.15) is 0 Å². The number of hydrogen-bond acceptors (Lipinski definition) is 3. The van der Waals surface area contributed by atoms with Crippen molar-refractivity contribution >= 4 is 5.91 Å². The van der Waals surface area contributed by atoms with Crippen molar-refractivity contribution in [3.05, 3.63) is 35.6 Å². The van der Waals surface area contributed by atoms with Crippen molar-refractivity contribution in [3.8, 4) is 0 Å². The molecule has 132 valence electrons. The third kappa shape index (κ3) is 4.14. The first-order valence-electron chi connectivity index (χ1n) is 8.95. The van der Waals surface area contributed by atoms with Gasteiger partial charge >= 0.3 is 0 Å². The number of hydrogen-bond donors (Lipinski definition) is 1. The van der Waals surface area contributed by atoms with Crippen LogP contribution in [0.15, 0.2) is 24.3 Å². The molecule has 2 fully saturated rings. The normalized spacial score (nSPS) is 26.5. The molecule has 1 aromatic rings. The van der Waals surface area contributed by atoms with E-state index in [0.717, 1.165) is 50.9 Å². The van der Waals surface area contributed by atoms with Crippen LogP contribution >= 0.6 is 0 Å². The van der Waals surface area contributed by atoms with E-state index >= 15 is 0 Å². The molecule has 0 unspecified atom stereocenters. The predicted molar refractivity (Wildman–Crippen MR) is 91.1 cm³/mol. The lowest BCUT2D eigenvalue weighted by Gasteiger charge is -2.43. The van der Waals surface area contributed by atoms with Gasteiger partial charge in [-0.15, -0.1) is 0 Å². The van der Waals surface area contributed by atoms with Gasteiger partial charge in [-0.05, 0) is 55.8 Å². The van der Waals surface area contributed by atoms with Crippen LogP contribution in [0.4, 0.5) is 4.39 Å². The van der Waals surface area contributed by atoms with Crippen LogP contribution in [0.2, 0.25) is 0 Å². The molecule has 0 radical (unpaired) electrons. The molecule has 4 nitrogen and oxygen atoms in total. The molecular weight excluding hydrogens is 307 g/mol. The number of aliphatic hydroxyl groups is 1. The molecule has 0 saturated carbocycles. The molecule has 0 aliphatic carbocycles. The Balaban J connectivity index is 1.51. The summed E-state index contributed by atoms with van der Waals surface area (Å²) in [4.78, 5) is 15.7. The van der Waals surface area contributed by atoms with E-state index in [2.05, 4.69) is 4.90 Å². The zero-order chi connectivity index (χ0) is 17.1. The van der Waals surface area contributed by atoms with Gasteiger partial charge in [0.05, 0.1) is 6.10 Å². The molecule has 0 bridgehead atoms. The Morgan fingerprint density at radius 1 is 1.25 bits per heavy atom. The molecule has 1 amide bonds. The molecule has 5 heteroatoms. The molecular formula is C19H27FN2O2. The summed E-state index contributed by atoms with van der Waals surface area (Å²) < 4.78 is 13.3. The van der Waals surface area contributed by atoms with E-state index in [9.17, 15) is 14.3 Å². The van der Waals surface area contributed by atoms with E-state index in [4.69, 9.17) is 0 Å². The monoisotopic (exact) mass is 334 g/mol. The van der Waals surface area contributed by atoms with Crippen LogP contribution in [0.3, 0.4) is 0 Å². The predicted octanol–water partition coefficient (Wildman–Crippen LogP) is 2.06. The van der Waals surface area contributed by atoms with E-state index in [-0.39, 0.29) is 23.7 Å². The summed E-state index contributed by atoms with van der Waals surface area (Å²) in [6.45, 7) is 4.92. The highest BCUT2D eigenvalue weighted by Gasteiger charge is 2.33. The Hall–Kier alpha value is -1.46. The van der Waals surface area contributed by atoms with E-state index in [1.165, 1.54) is 6.07 Å². The van der Waals surface area contributed by atoms with Crippen molar-refractivity contribution in [2.45, 2.75) is 44.8 Å². The lowest BCUT2D eigenvalue weighted by Crippen LogP contribution is -2.52. The fourth-order valence-corrected chi connectivity index (χ4v) is 4.09. The van der Waals surface area contributed by atoms with Gasteiger partial charge in [-0.25, -0.2) is 4.39 Å². The summed E-state index contributed by atoms with van der Waals surface area (Å²) in [5.74, 6) is 0.138. The average Bonchev–Trinajstić information content (AvgIpc) is 2.57. The molecule has 0 aromatic heterocycles. The minimum Gasteiger partial charge on any atom is -0.391 e. The SMILES string of the molecule is CC(=O)N1CCC(N2CC[C@H](Cc3cccc(F)c3)[C@H](O)C2)CC1. The number of nitrogens with zero attached hydrogens (tertiary/aromatic N) is 2. The van der Waals surface area contributed by atoms with Crippen molar-refractivity contribution in [3.63, 3.8) is 0 Å². The third-order valence-corrected chi connectivity index (χ3v) is 5.57. The average molecular weight is 334 g/mol. The lowest BCUT2D eigenvalue weighted by molar-refractivity contribution is -0.130. The number of carbonyl (C=O) groups excluding carboxylic acids is 1. The number of likely N-dealkylation sites (tertiary alicyclic amines) is 2. The molecule has 24 heavy (non-hydrogen) atoms. The standard InChI is InChI=1S/C19H27FN2O2/c1-14(23)21-9-6-18(7-10-21)22-8-5-16(19(24)13-22)11-15-3-2-4-17(20)12-15/h2-4,12,16,18-19,24H,5-11,13H2,1H3/t16-,19-/m1/s1. The van der Waals surface area contributed by atoms with Gasteiger partial charge in [0.25, 0.3) is 0 Å². The molecule has 2 aliphatic heterocycles. The Morgan fingerprint density at radius 2 is 2.00 bits per heavy atom. The van der Waals surface area contributed by atoms with Crippen LogP contribution in [0, 0.1) is 11.7 Å². The number of halogens is 1. The lowest BCUT2D eigenvalue weighted by atomic mass is 9.86. The maximum absolute atomic E-state index is 13.3. The van der Waals surface area contributed by atoms with E-state index < -0.39 is 0 Å². The highest BCUT2D eigenvalue weighted by Crippen LogP contribution is 2.26. The van der Waals surface area contributed by atoms with Gasteiger partial charge < -0.3 is 10.0 Å². The van der Waals surface area contributed by atoms with Crippen LogP contribution in [0.5, 0.6) is 0 Å². The van der Waals surface area contributed by atoms with Gasteiger partial charge in [0.2, 0.25) is 5.91 Å². The van der Waals surface area contributed by atoms with Gasteiger partial charge in [0, 0.05) is 32.6 Å². The minimum atomic E-state index is -0.368. The smallest absolute Gasteiger partial charge is 0.219 e. The highest BCUT2D eigenvalue weighted by molar-refractivity contribution is 5.73. The maximum atomic E-state index is 13.3. The van der Waals surface area contributed by atoms with Crippen LogP contribution < -0.4 is 0 Å². The van der Waals surface area contributed by atoms with Crippen LogP contribution in [-0.4, -0.2) is 59.1 Å². The summed E-state index contributed by atoms with van der Waals surface area (Å²) in [5, 5.41) is 10.5. The van der Waals surface area contributed by atoms with Crippen LogP contribution in [0.1, 0.15) is 31.7 Å². The number of aliphatic hydroxyl groups excluding tert-OH is 1. The van der Waals surface area contributed by atoms with E-state index in [1.807, 2.05) is 11.0 Å². The van der Waals surface area contributed by atoms with Crippen molar-refractivity contribution in [1.82, 2.24) is 9.80 Å². The number of rotatable bonds is 3. The van der Waals surface area contributed by atoms with Gasteiger partial charge in [0.15, 0.2) is 0 Å². The Morgan fingerprint density at radius 3 is 2.62 bits per heavy atom. The first kappa shape index (κ1) is 17.4. The number of β-amino-alcohol motifs (C(OH)–C–C–N with tert-alkyl or cyclic N) is 1. The van der Waals surface area contributed by atoms with Crippen LogP contribution in [0.25, 0.3) is 0 Å². The van der Waals surface area contributed by atoms with Gasteiger partial charge in [0.1, 0.15) is 5.82 Å². The molecule has 1 N–H and O–H groups in total. The molecule has 1 aromatic carbocycles. The van der Waals surface area contributed by atoms with Gasteiger partial charge in [-0.3, -0.25) is 9.69 Å². The Labute approximate surface area is 143 Å². The topological polar surface area (TPSA) is 43.8 Å². The summed E-state index contributed by atoms with van der Waals surface area (Å²) in [6, 6.07) is 7.15. The second-order valence-corrected chi connectivity index (χ2v) is 7.18. The van der Waals surface area contributed by atoms with Gasteiger partial charge in [-0.1, -0.05) is 12.1 Å². The number of benzene rings is 1. The van der Waals surface area contributed by atoms with E-state index in [1.54, 1.807) is 19.1 Å². The first-order valence-corrected chi connectivity index (χ1v) is 8.95. The third-order valence-electron chi connectivity index (χ3n) is 5.57. The molecule has 2 atom stereocenters. The van der Waals surface area contributed by atoms with Crippen LogP contribution in [-0.2, 0) is 11.2 Å². The fraction of sp³-hybridized carbons (Fsp3) is 0.632. The maximum Gasteiger partial charge on any atom is 0.219 e. The second-order valence-electron chi connectivity index (χ2n) is 7.18. The summed E-state index contributed by atoms with van der Waals surface area (Å²) in [5.41, 5.74) is 0.960. The quantitative estimate of drug-likeness (QED) is 0.920. The zero-order valence-electron chi connectivity index (χ0n) is 14.3. The molecule has 2 aliphatic rings. The fourth-order valence-electron chi connectivity index (χ4n) is 4.09. The summed E-state index contributed by atoms with van der Waals surface area (Å²) >= 11 is 0. The minimum absolute atomic E-state index is 0.155. The molecule has 2 saturated heterocycles. The zero-order valence-corrected chi connectivity index (χ0v) is 14.3. The first-order chi connectivity index (χ1) is 11.5. The largest absolute Gasteiger partial charge is 0.391 e. The van der Waals surface area contributed by atoms with Crippen molar-refractivity contribution in [2.75, 3.05) is 26.2 Å². The molecule has 0 spiro atoms. The summed E-state index contributed by atoms with van der Waals surface area (Å²) in [7, 11) is 0. The van der Waals surface area contributed by atoms with E-state index in [0.29, 0.717) is 12.6 Å². The van der Waals surface area contributed by atoms with Crippen molar-refractivity contribution in [2.24, 2.45) is 5.92 Å². The van der Waals surface area contributed by atoms with Crippen molar-refractivity contribution < 1.29 is 14.3 Å². The number of piperidine rings is 2. The molecule has 2 heterocycles. The summed E-state index contributed by atoms with van der Waals surface area (Å²) in [6.07, 6.45) is 3.27. The molecule has 3 rings (SSSR count). The Bertz CT molecular complexity index is 572. The number of amides is 1. The van der Waals surface area contributed by atoms with Crippen molar-refractivity contribution in [1.29, 1.82) is 0 Å².